The molecule has 0 N–H and O–H groups in total. The molecular formula is C27H24Cl2N2O4S2. The normalized spacial score (nSPS) is 14.6. The predicted molar refractivity (Wildman–Crippen MR) is 145 cm³/mol. The Labute approximate surface area is 229 Å². The summed E-state index contributed by atoms with van der Waals surface area (Å²) in [6.45, 7) is 3.63. The zero-order valence-electron chi connectivity index (χ0n) is 20.3. The Morgan fingerprint density at radius 1 is 1.03 bits per heavy atom. The highest BCUT2D eigenvalue weighted by molar-refractivity contribution is 7.91. The Morgan fingerprint density at radius 3 is 2.24 bits per heavy atom. The summed E-state index contributed by atoms with van der Waals surface area (Å²) in [6, 6.07) is 14.0. The molecule has 10 heteroatoms. The van der Waals surface area contributed by atoms with Gasteiger partial charge in [-0.3, -0.25) is 4.79 Å². The third-order valence-electron chi connectivity index (χ3n) is 6.60. The first kappa shape index (κ1) is 26.1. The molecule has 0 aliphatic heterocycles. The van der Waals surface area contributed by atoms with E-state index < -0.39 is 15.3 Å². The van der Waals surface area contributed by atoms with Crippen molar-refractivity contribution in [2.45, 2.75) is 49.8 Å². The molecule has 0 spiro atoms. The minimum absolute atomic E-state index is 0.0267. The minimum Gasteiger partial charge on any atom is -0.333 e. The van der Waals surface area contributed by atoms with Crippen LogP contribution in [-0.2, 0) is 32.9 Å². The Morgan fingerprint density at radius 2 is 1.68 bits per heavy atom. The Kier molecular flexibility index (Phi) is 7.04. The Bertz CT molecular complexity index is 1560. The summed E-state index contributed by atoms with van der Waals surface area (Å²) in [5.41, 5.74) is 1.73. The first-order valence-electron chi connectivity index (χ1n) is 11.8. The van der Waals surface area contributed by atoms with E-state index in [2.05, 4.69) is 10.1 Å². The van der Waals surface area contributed by atoms with E-state index in [9.17, 15) is 13.2 Å². The summed E-state index contributed by atoms with van der Waals surface area (Å²) in [5.74, 6) is 1.05. The van der Waals surface area contributed by atoms with E-state index in [0.29, 0.717) is 27.3 Å². The first-order valence-corrected chi connectivity index (χ1v) is 15.1. The molecule has 6 nitrogen and oxygen atoms in total. The van der Waals surface area contributed by atoms with Gasteiger partial charge in [-0.2, -0.15) is 4.98 Å². The van der Waals surface area contributed by atoms with E-state index in [-0.39, 0.29) is 29.3 Å². The van der Waals surface area contributed by atoms with E-state index in [1.165, 1.54) is 0 Å². The van der Waals surface area contributed by atoms with Crippen molar-refractivity contribution >= 4 is 50.2 Å². The summed E-state index contributed by atoms with van der Waals surface area (Å²) < 4.78 is 29.5. The molecule has 2 aromatic heterocycles. The summed E-state index contributed by atoms with van der Waals surface area (Å²) >= 11 is 15.0. The van der Waals surface area contributed by atoms with Crippen LogP contribution in [0.15, 0.2) is 57.9 Å². The smallest absolute Gasteiger partial charge is 0.268 e. The predicted octanol–water partition coefficient (Wildman–Crippen LogP) is 6.64. The maximum absolute atomic E-state index is 12.8. The molecule has 0 saturated heterocycles. The fourth-order valence-electron chi connectivity index (χ4n) is 4.46. The molecule has 192 valence electrons. The van der Waals surface area contributed by atoms with E-state index in [1.807, 2.05) is 19.1 Å². The highest BCUT2D eigenvalue weighted by Crippen LogP contribution is 2.56. The molecule has 2 heterocycles. The van der Waals surface area contributed by atoms with Crippen LogP contribution < -0.4 is 0 Å². The quantitative estimate of drug-likeness (QED) is 0.222. The van der Waals surface area contributed by atoms with Gasteiger partial charge in [0.1, 0.15) is 5.78 Å². The number of ketones is 1. The summed E-state index contributed by atoms with van der Waals surface area (Å²) in [4.78, 5) is 19.8. The van der Waals surface area contributed by atoms with Gasteiger partial charge in [0.2, 0.25) is 0 Å². The van der Waals surface area contributed by atoms with Gasteiger partial charge >= 0.3 is 0 Å². The number of hydrogen-bond acceptors (Lipinski definition) is 7. The molecule has 0 radical (unpaired) electrons. The molecular weight excluding hydrogens is 551 g/mol. The maximum Gasteiger partial charge on any atom is 0.268 e. The van der Waals surface area contributed by atoms with Gasteiger partial charge in [0, 0.05) is 33.3 Å². The van der Waals surface area contributed by atoms with Crippen LogP contribution in [0.2, 0.25) is 10.0 Å². The second kappa shape index (κ2) is 9.98. The lowest BCUT2D eigenvalue weighted by Gasteiger charge is -2.16. The van der Waals surface area contributed by atoms with Crippen molar-refractivity contribution in [1.29, 1.82) is 0 Å². The number of aromatic nitrogens is 2. The molecule has 1 saturated carbocycles. The summed E-state index contributed by atoms with van der Waals surface area (Å²) in [5, 5.41) is 5.20. The highest BCUT2D eigenvalue weighted by Gasteiger charge is 2.52. The van der Waals surface area contributed by atoms with E-state index in [4.69, 9.17) is 27.7 Å². The van der Waals surface area contributed by atoms with Gasteiger partial charge < -0.3 is 4.52 Å². The number of nitrogens with zero attached hydrogens (tertiary/aromatic N) is 2. The SMILES string of the molecule is CCS(=O)(=O)c1ccc(CC(=O)Cc2cc(Cl)c(C3(c4noc(-c5ccc(C)s5)n4)CC3)c(Cl)c2)cc1. The van der Waals surface area contributed by atoms with Gasteiger partial charge in [-0.1, -0.05) is 47.4 Å². The van der Waals surface area contributed by atoms with Crippen molar-refractivity contribution in [1.82, 2.24) is 10.1 Å². The lowest BCUT2D eigenvalue weighted by atomic mass is 9.92. The van der Waals surface area contributed by atoms with Gasteiger partial charge in [-0.25, -0.2) is 8.42 Å². The standard InChI is InChI=1S/C27H24Cl2N2O4S2/c1-3-37(33,34)20-7-5-17(6-8-20)12-19(32)13-18-14-21(28)24(22(29)15-18)27(10-11-27)26-30-25(35-31-26)23-9-4-16(2)36-23/h4-9,14-15H,3,10-13H2,1-2H3. The van der Waals surface area contributed by atoms with Gasteiger partial charge in [-0.05, 0) is 67.3 Å². The molecule has 1 aliphatic carbocycles. The second-order valence-electron chi connectivity index (χ2n) is 9.29. The van der Waals surface area contributed by atoms with Gasteiger partial charge in [0.25, 0.3) is 5.89 Å². The second-order valence-corrected chi connectivity index (χ2v) is 13.7. The zero-order valence-corrected chi connectivity index (χ0v) is 23.4. The van der Waals surface area contributed by atoms with Crippen LogP contribution in [0.4, 0.5) is 0 Å². The van der Waals surface area contributed by atoms with Crippen LogP contribution in [0.3, 0.4) is 0 Å². The van der Waals surface area contributed by atoms with Crippen molar-refractivity contribution in [3.63, 3.8) is 0 Å². The lowest BCUT2D eigenvalue weighted by Crippen LogP contribution is -2.13. The Balaban J connectivity index is 1.32. The number of aryl methyl sites for hydroxylation is 1. The number of hydrogen-bond donors (Lipinski definition) is 0. The van der Waals surface area contributed by atoms with E-state index in [0.717, 1.165) is 33.7 Å². The topological polar surface area (TPSA) is 90.1 Å². The summed E-state index contributed by atoms with van der Waals surface area (Å²) in [7, 11) is -3.27. The molecule has 1 fully saturated rings. The van der Waals surface area contributed by atoms with Crippen LogP contribution in [0.1, 0.15) is 47.2 Å². The van der Waals surface area contributed by atoms with Crippen LogP contribution in [0, 0.1) is 6.92 Å². The van der Waals surface area contributed by atoms with Crippen LogP contribution in [-0.4, -0.2) is 30.1 Å². The third kappa shape index (κ3) is 5.25. The number of rotatable bonds is 9. The van der Waals surface area contributed by atoms with Crippen LogP contribution >= 0.6 is 34.5 Å². The Hall–Kier alpha value is -2.52. The van der Waals surface area contributed by atoms with Crippen molar-refractivity contribution in [3.8, 4) is 10.8 Å². The van der Waals surface area contributed by atoms with Gasteiger partial charge in [-0.15, -0.1) is 11.3 Å². The van der Waals surface area contributed by atoms with Crippen LogP contribution in [0.25, 0.3) is 10.8 Å². The third-order valence-corrected chi connectivity index (χ3v) is 9.94. The molecule has 0 bridgehead atoms. The molecule has 1 aliphatic rings. The largest absolute Gasteiger partial charge is 0.333 e. The first-order chi connectivity index (χ1) is 17.6. The van der Waals surface area contributed by atoms with Crippen molar-refractivity contribution in [2.24, 2.45) is 0 Å². The van der Waals surface area contributed by atoms with Crippen molar-refractivity contribution in [3.05, 3.63) is 86.0 Å². The van der Waals surface area contributed by atoms with E-state index >= 15 is 0 Å². The molecule has 0 amide bonds. The highest BCUT2D eigenvalue weighted by atomic mass is 35.5. The lowest BCUT2D eigenvalue weighted by molar-refractivity contribution is -0.117. The minimum atomic E-state index is -3.27. The fourth-order valence-corrected chi connectivity index (χ4v) is 7.03. The van der Waals surface area contributed by atoms with Crippen molar-refractivity contribution < 1.29 is 17.7 Å². The molecule has 5 rings (SSSR count). The number of sulfone groups is 1. The number of carbonyl (C=O) groups excluding carboxylic acids is 1. The fraction of sp³-hybridized carbons (Fsp3) is 0.296. The monoisotopic (exact) mass is 574 g/mol. The van der Waals surface area contributed by atoms with Gasteiger partial charge in [0.15, 0.2) is 15.7 Å². The molecule has 4 aromatic rings. The van der Waals surface area contributed by atoms with Crippen LogP contribution in [0.5, 0.6) is 0 Å². The van der Waals surface area contributed by atoms with E-state index in [1.54, 1.807) is 54.7 Å². The number of carbonyl (C=O) groups is 1. The number of halogens is 2. The molecule has 37 heavy (non-hydrogen) atoms. The average molecular weight is 576 g/mol. The molecule has 0 unspecified atom stereocenters. The molecule has 2 aromatic carbocycles. The average Bonchev–Trinajstić information content (AvgIpc) is 3.26. The van der Waals surface area contributed by atoms with Crippen molar-refractivity contribution in [2.75, 3.05) is 5.75 Å². The number of Topliss-reactive ketones (excluding diaryl/α,β-unsaturated/α-hetero) is 1. The van der Waals surface area contributed by atoms with Gasteiger partial charge in [0.05, 0.1) is 20.9 Å². The number of benzene rings is 2. The maximum atomic E-state index is 12.8. The zero-order chi connectivity index (χ0) is 26.4. The number of thiophene rings is 1. The summed E-state index contributed by atoms with van der Waals surface area (Å²) in [6.07, 6.45) is 1.95. The molecule has 0 atom stereocenters.